The number of benzene rings is 1. The van der Waals surface area contributed by atoms with Crippen molar-refractivity contribution in [2.45, 2.75) is 45.6 Å². The van der Waals surface area contributed by atoms with Crippen molar-refractivity contribution in [3.63, 3.8) is 0 Å². The number of nitrogens with one attached hydrogen (secondary N) is 3. The Balaban J connectivity index is 1.82. The number of carbonyl (C=O) groups is 3. The number of carbonyl (C=O) groups excluding carboxylic acids is 3. The number of ether oxygens (including phenoxy) is 2. The van der Waals surface area contributed by atoms with E-state index in [1.807, 2.05) is 13.8 Å². The SMILES string of the molecule is COc1cc(C(=O)NNC(=O)CNC(=O)C2CCCC2)ccc1OC(C)C. The van der Waals surface area contributed by atoms with E-state index < -0.39 is 11.8 Å². The van der Waals surface area contributed by atoms with E-state index in [0.717, 1.165) is 25.7 Å². The first kappa shape index (κ1) is 20.5. The van der Waals surface area contributed by atoms with E-state index in [9.17, 15) is 14.4 Å². The summed E-state index contributed by atoms with van der Waals surface area (Å²) in [7, 11) is 1.49. The molecule has 0 unspecified atom stereocenters. The Morgan fingerprint density at radius 1 is 1.11 bits per heavy atom. The second kappa shape index (κ2) is 9.80. The molecular formula is C19H27N3O5. The van der Waals surface area contributed by atoms with Crippen molar-refractivity contribution in [3.8, 4) is 11.5 Å². The lowest BCUT2D eigenvalue weighted by molar-refractivity contribution is -0.128. The van der Waals surface area contributed by atoms with Gasteiger partial charge in [0.15, 0.2) is 11.5 Å². The van der Waals surface area contributed by atoms with Gasteiger partial charge in [0.25, 0.3) is 11.8 Å². The molecule has 0 saturated heterocycles. The molecule has 148 valence electrons. The predicted octanol–water partition coefficient (Wildman–Crippen LogP) is 1.55. The third-order valence-corrected chi connectivity index (χ3v) is 4.25. The van der Waals surface area contributed by atoms with Crippen LogP contribution in [0.3, 0.4) is 0 Å². The standard InChI is InChI=1S/C19H27N3O5/c1-12(2)27-15-9-8-14(10-16(15)26-3)19(25)22-21-17(23)11-20-18(24)13-6-4-5-7-13/h8-10,12-13H,4-7,11H2,1-3H3,(H,20,24)(H,21,23)(H,22,25). The van der Waals surface area contributed by atoms with Gasteiger partial charge < -0.3 is 14.8 Å². The molecule has 3 amide bonds. The van der Waals surface area contributed by atoms with Gasteiger partial charge in [-0.25, -0.2) is 0 Å². The summed E-state index contributed by atoms with van der Waals surface area (Å²) < 4.78 is 10.8. The first-order valence-electron chi connectivity index (χ1n) is 9.12. The molecule has 0 aliphatic heterocycles. The molecule has 8 nitrogen and oxygen atoms in total. The van der Waals surface area contributed by atoms with Crippen LogP contribution in [0.4, 0.5) is 0 Å². The molecule has 0 heterocycles. The fourth-order valence-corrected chi connectivity index (χ4v) is 2.90. The van der Waals surface area contributed by atoms with Crippen LogP contribution in [0.2, 0.25) is 0 Å². The van der Waals surface area contributed by atoms with E-state index in [1.54, 1.807) is 12.1 Å². The number of hydrazine groups is 1. The van der Waals surface area contributed by atoms with Crippen LogP contribution in [-0.2, 0) is 9.59 Å². The van der Waals surface area contributed by atoms with E-state index in [0.29, 0.717) is 17.1 Å². The summed E-state index contributed by atoms with van der Waals surface area (Å²) in [5.41, 5.74) is 4.91. The van der Waals surface area contributed by atoms with Crippen LogP contribution < -0.4 is 25.6 Å². The van der Waals surface area contributed by atoms with Crippen LogP contribution in [0.5, 0.6) is 11.5 Å². The Bertz CT molecular complexity index is 684. The Kier molecular flexibility index (Phi) is 7.45. The van der Waals surface area contributed by atoms with Crippen molar-refractivity contribution in [2.24, 2.45) is 5.92 Å². The highest BCUT2D eigenvalue weighted by Gasteiger charge is 2.22. The van der Waals surface area contributed by atoms with Gasteiger partial charge in [-0.2, -0.15) is 0 Å². The van der Waals surface area contributed by atoms with Gasteiger partial charge in [0, 0.05) is 11.5 Å². The topological polar surface area (TPSA) is 106 Å². The Labute approximate surface area is 159 Å². The van der Waals surface area contributed by atoms with Gasteiger partial charge in [0.05, 0.1) is 19.8 Å². The molecule has 0 spiro atoms. The molecular weight excluding hydrogens is 350 g/mol. The van der Waals surface area contributed by atoms with Crippen molar-refractivity contribution in [1.82, 2.24) is 16.2 Å². The minimum Gasteiger partial charge on any atom is -0.493 e. The number of amides is 3. The van der Waals surface area contributed by atoms with Crippen LogP contribution in [0.15, 0.2) is 18.2 Å². The Morgan fingerprint density at radius 2 is 1.81 bits per heavy atom. The minimum absolute atomic E-state index is 0.00794. The van der Waals surface area contributed by atoms with Crippen LogP contribution in [-0.4, -0.2) is 37.5 Å². The highest BCUT2D eigenvalue weighted by Crippen LogP contribution is 2.29. The number of hydrogen-bond donors (Lipinski definition) is 3. The van der Waals surface area contributed by atoms with Gasteiger partial charge in [0.1, 0.15) is 0 Å². The van der Waals surface area contributed by atoms with Crippen LogP contribution in [0.25, 0.3) is 0 Å². The van der Waals surface area contributed by atoms with E-state index in [1.165, 1.54) is 13.2 Å². The minimum atomic E-state index is -0.500. The molecule has 2 rings (SSSR count). The summed E-state index contributed by atoms with van der Waals surface area (Å²) >= 11 is 0. The normalized spacial score (nSPS) is 13.9. The molecule has 1 fully saturated rings. The lowest BCUT2D eigenvalue weighted by Gasteiger charge is -2.15. The van der Waals surface area contributed by atoms with E-state index in [4.69, 9.17) is 9.47 Å². The molecule has 8 heteroatoms. The fraction of sp³-hybridized carbons (Fsp3) is 0.526. The van der Waals surface area contributed by atoms with Crippen LogP contribution in [0.1, 0.15) is 49.9 Å². The first-order valence-corrected chi connectivity index (χ1v) is 9.12. The number of hydrogen-bond acceptors (Lipinski definition) is 5. The zero-order valence-corrected chi connectivity index (χ0v) is 16.0. The van der Waals surface area contributed by atoms with Crippen molar-refractivity contribution < 1.29 is 23.9 Å². The molecule has 0 radical (unpaired) electrons. The molecule has 1 aromatic rings. The van der Waals surface area contributed by atoms with Gasteiger partial charge >= 0.3 is 0 Å². The smallest absolute Gasteiger partial charge is 0.269 e. The maximum atomic E-state index is 12.2. The van der Waals surface area contributed by atoms with E-state index in [2.05, 4.69) is 16.2 Å². The van der Waals surface area contributed by atoms with Crippen LogP contribution in [0, 0.1) is 5.92 Å². The van der Waals surface area contributed by atoms with Crippen molar-refractivity contribution in [1.29, 1.82) is 0 Å². The second-order valence-corrected chi connectivity index (χ2v) is 6.73. The largest absolute Gasteiger partial charge is 0.493 e. The highest BCUT2D eigenvalue weighted by molar-refractivity contribution is 5.96. The summed E-state index contributed by atoms with van der Waals surface area (Å²) in [5.74, 6) is -0.165. The molecule has 0 bridgehead atoms. The zero-order valence-electron chi connectivity index (χ0n) is 16.0. The molecule has 1 aliphatic rings. The average Bonchev–Trinajstić information content (AvgIpc) is 3.18. The second-order valence-electron chi connectivity index (χ2n) is 6.73. The van der Waals surface area contributed by atoms with E-state index >= 15 is 0 Å². The summed E-state index contributed by atoms with van der Waals surface area (Å²) in [5, 5.41) is 2.59. The lowest BCUT2D eigenvalue weighted by atomic mass is 10.1. The summed E-state index contributed by atoms with van der Waals surface area (Å²) in [6, 6.07) is 4.74. The van der Waals surface area contributed by atoms with Gasteiger partial charge in [-0.1, -0.05) is 12.8 Å². The van der Waals surface area contributed by atoms with E-state index in [-0.39, 0.29) is 24.5 Å². The number of methoxy groups -OCH3 is 1. The quantitative estimate of drug-likeness (QED) is 0.625. The molecule has 1 aliphatic carbocycles. The number of rotatable bonds is 7. The monoisotopic (exact) mass is 377 g/mol. The summed E-state index contributed by atoms with van der Waals surface area (Å²) in [6.45, 7) is 3.60. The third kappa shape index (κ3) is 6.16. The molecule has 1 saturated carbocycles. The molecule has 27 heavy (non-hydrogen) atoms. The molecule has 3 N–H and O–H groups in total. The van der Waals surface area contributed by atoms with Crippen LogP contribution >= 0.6 is 0 Å². The predicted molar refractivity (Wildman–Crippen MR) is 99.3 cm³/mol. The third-order valence-electron chi connectivity index (χ3n) is 4.25. The molecule has 1 aromatic carbocycles. The summed E-state index contributed by atoms with van der Waals surface area (Å²) in [4.78, 5) is 35.9. The van der Waals surface area contributed by atoms with Crippen molar-refractivity contribution >= 4 is 17.7 Å². The summed E-state index contributed by atoms with van der Waals surface area (Å²) in [6.07, 6.45) is 3.79. The maximum Gasteiger partial charge on any atom is 0.269 e. The Morgan fingerprint density at radius 3 is 2.44 bits per heavy atom. The van der Waals surface area contributed by atoms with Gasteiger partial charge in [0.2, 0.25) is 5.91 Å². The first-order chi connectivity index (χ1) is 12.9. The van der Waals surface area contributed by atoms with Gasteiger partial charge in [-0.05, 0) is 44.9 Å². The van der Waals surface area contributed by atoms with Gasteiger partial charge in [-0.15, -0.1) is 0 Å². The lowest BCUT2D eigenvalue weighted by Crippen LogP contribution is -2.47. The average molecular weight is 377 g/mol. The van der Waals surface area contributed by atoms with Crippen molar-refractivity contribution in [3.05, 3.63) is 23.8 Å². The molecule has 0 atom stereocenters. The fourth-order valence-electron chi connectivity index (χ4n) is 2.90. The highest BCUT2D eigenvalue weighted by atomic mass is 16.5. The van der Waals surface area contributed by atoms with Gasteiger partial charge in [-0.3, -0.25) is 25.2 Å². The maximum absolute atomic E-state index is 12.2. The Hall–Kier alpha value is -2.77. The zero-order chi connectivity index (χ0) is 19.8. The molecule has 0 aromatic heterocycles. The van der Waals surface area contributed by atoms with Crippen molar-refractivity contribution in [2.75, 3.05) is 13.7 Å².